The molecule has 4 rings (SSSR count). The third-order valence-electron chi connectivity index (χ3n) is 4.66. The minimum absolute atomic E-state index is 0.390. The van der Waals surface area contributed by atoms with Crippen LogP contribution >= 0.6 is 15.9 Å². The van der Waals surface area contributed by atoms with Crippen LogP contribution in [0.15, 0.2) is 22.8 Å². The average molecular weight is 336 g/mol. The van der Waals surface area contributed by atoms with Crippen molar-refractivity contribution in [3.8, 4) is 0 Å². The molecule has 3 heterocycles. The van der Waals surface area contributed by atoms with Crippen LogP contribution in [0.4, 0.5) is 5.95 Å². The Balaban J connectivity index is 1.60. The smallest absolute Gasteiger partial charge is 0.245 e. The minimum atomic E-state index is 0.390. The number of nitrogens with two attached hydrogens (primary N) is 1. The molecule has 1 saturated heterocycles. The predicted molar refractivity (Wildman–Crippen MR) is 81.7 cm³/mol. The fourth-order valence-corrected chi connectivity index (χ4v) is 3.94. The molecule has 1 unspecified atom stereocenters. The van der Waals surface area contributed by atoms with Gasteiger partial charge in [0.05, 0.1) is 0 Å². The second-order valence-electron chi connectivity index (χ2n) is 6.06. The Morgan fingerprint density at radius 3 is 2.95 bits per heavy atom. The number of hydrogen-bond acceptors (Lipinski definition) is 4. The minimum Gasteiger partial charge on any atom is -0.339 e. The highest BCUT2D eigenvalue weighted by molar-refractivity contribution is 9.10. The Morgan fingerprint density at radius 2 is 2.05 bits per heavy atom. The third kappa shape index (κ3) is 2.11. The van der Waals surface area contributed by atoms with E-state index in [1.165, 1.54) is 12.8 Å². The molecular formula is C14H18BrN5. The van der Waals surface area contributed by atoms with E-state index in [9.17, 15) is 0 Å². The number of hydrogen-bond donors (Lipinski definition) is 1. The fourth-order valence-electron chi connectivity index (χ4n) is 3.61. The number of rotatable bonds is 1. The van der Waals surface area contributed by atoms with Crippen LogP contribution in [0.1, 0.15) is 19.3 Å². The second-order valence-corrected chi connectivity index (χ2v) is 6.98. The third-order valence-corrected chi connectivity index (χ3v) is 5.13. The molecule has 2 fully saturated rings. The Bertz CT molecular complexity index is 640. The molecule has 1 aliphatic heterocycles. The molecule has 0 amide bonds. The summed E-state index contributed by atoms with van der Waals surface area (Å²) in [5, 5.41) is 4.60. The first-order chi connectivity index (χ1) is 9.69. The predicted octanol–water partition coefficient (Wildman–Crippen LogP) is 2.06. The van der Waals surface area contributed by atoms with Gasteiger partial charge >= 0.3 is 0 Å². The number of fused-ring (bicyclic) bond motifs is 2. The summed E-state index contributed by atoms with van der Waals surface area (Å²) >= 11 is 3.47. The van der Waals surface area contributed by atoms with Crippen LogP contribution in [-0.4, -0.2) is 33.7 Å². The zero-order valence-electron chi connectivity index (χ0n) is 11.2. The van der Waals surface area contributed by atoms with E-state index >= 15 is 0 Å². The number of halogens is 1. The Morgan fingerprint density at radius 1 is 1.20 bits per heavy atom. The van der Waals surface area contributed by atoms with E-state index in [0.717, 1.165) is 47.4 Å². The quantitative estimate of drug-likeness (QED) is 0.866. The van der Waals surface area contributed by atoms with E-state index in [0.29, 0.717) is 6.04 Å². The maximum atomic E-state index is 6.09. The molecule has 5 nitrogen and oxygen atoms in total. The normalized spacial score (nSPS) is 29.9. The van der Waals surface area contributed by atoms with Crippen LogP contribution in [0.25, 0.3) is 5.65 Å². The summed E-state index contributed by atoms with van der Waals surface area (Å²) in [5.74, 6) is 2.34. The van der Waals surface area contributed by atoms with E-state index in [1.807, 2.05) is 22.8 Å². The van der Waals surface area contributed by atoms with E-state index < -0.39 is 0 Å². The molecule has 0 aromatic carbocycles. The van der Waals surface area contributed by atoms with Crippen LogP contribution in [0.2, 0.25) is 0 Å². The van der Waals surface area contributed by atoms with E-state index in [2.05, 4.69) is 30.9 Å². The lowest BCUT2D eigenvalue weighted by atomic mass is 9.79. The molecule has 20 heavy (non-hydrogen) atoms. The van der Waals surface area contributed by atoms with Gasteiger partial charge in [0.1, 0.15) is 0 Å². The summed E-state index contributed by atoms with van der Waals surface area (Å²) in [7, 11) is 0. The highest BCUT2D eigenvalue weighted by Crippen LogP contribution is 2.36. The molecule has 0 bridgehead atoms. The van der Waals surface area contributed by atoms with E-state index in [4.69, 9.17) is 5.73 Å². The lowest BCUT2D eigenvalue weighted by Crippen LogP contribution is -2.32. The summed E-state index contributed by atoms with van der Waals surface area (Å²) in [6.45, 7) is 2.13. The summed E-state index contributed by atoms with van der Waals surface area (Å²) < 4.78 is 2.86. The van der Waals surface area contributed by atoms with Crippen molar-refractivity contribution in [3.05, 3.63) is 22.8 Å². The lowest BCUT2D eigenvalue weighted by molar-refractivity contribution is 0.271. The zero-order valence-corrected chi connectivity index (χ0v) is 12.8. The molecule has 0 spiro atoms. The summed E-state index contributed by atoms with van der Waals surface area (Å²) in [6, 6.07) is 4.37. The lowest BCUT2D eigenvalue weighted by Gasteiger charge is -2.27. The molecule has 2 aromatic heterocycles. The molecule has 2 aromatic rings. The van der Waals surface area contributed by atoms with E-state index in [-0.39, 0.29) is 0 Å². The standard InChI is InChI=1S/C14H18BrN5/c15-11-2-4-13-17-14(18-20(13)8-11)19-6-9-1-3-12(16)5-10(9)7-19/h2,4,8-10,12H,1,3,5-7,16H2/t9-,10+,12?/m1/s1. The molecule has 2 N–H and O–H groups in total. The summed E-state index contributed by atoms with van der Waals surface area (Å²) in [4.78, 5) is 6.97. The van der Waals surface area contributed by atoms with Crippen LogP contribution in [0.5, 0.6) is 0 Å². The molecule has 1 aliphatic carbocycles. The Hall–Kier alpha value is -1.14. The molecule has 2 aliphatic rings. The zero-order chi connectivity index (χ0) is 13.7. The number of aromatic nitrogens is 3. The van der Waals surface area contributed by atoms with Crippen molar-refractivity contribution in [2.45, 2.75) is 25.3 Å². The van der Waals surface area contributed by atoms with Crippen molar-refractivity contribution in [1.29, 1.82) is 0 Å². The number of pyridine rings is 1. The fraction of sp³-hybridized carbons (Fsp3) is 0.571. The van der Waals surface area contributed by atoms with Crippen LogP contribution in [0.3, 0.4) is 0 Å². The second kappa shape index (κ2) is 4.70. The van der Waals surface area contributed by atoms with Gasteiger partial charge in [-0.25, -0.2) is 4.52 Å². The number of nitrogens with zero attached hydrogens (tertiary/aromatic N) is 4. The first-order valence-corrected chi connectivity index (χ1v) is 8.01. The molecule has 6 heteroatoms. The Labute approximate surface area is 126 Å². The maximum Gasteiger partial charge on any atom is 0.245 e. The first-order valence-electron chi connectivity index (χ1n) is 7.21. The van der Waals surface area contributed by atoms with Crippen LogP contribution in [-0.2, 0) is 0 Å². The van der Waals surface area contributed by atoms with Crippen molar-refractivity contribution < 1.29 is 0 Å². The first kappa shape index (κ1) is 12.6. The van der Waals surface area contributed by atoms with Crippen molar-refractivity contribution in [1.82, 2.24) is 14.6 Å². The monoisotopic (exact) mass is 335 g/mol. The van der Waals surface area contributed by atoms with Gasteiger partial charge in [-0.3, -0.25) is 0 Å². The van der Waals surface area contributed by atoms with Gasteiger partial charge < -0.3 is 10.6 Å². The molecule has 1 saturated carbocycles. The summed E-state index contributed by atoms with van der Waals surface area (Å²) in [6.07, 6.45) is 5.52. The van der Waals surface area contributed by atoms with Gasteiger partial charge in [0.2, 0.25) is 5.95 Å². The van der Waals surface area contributed by atoms with Gasteiger partial charge in [-0.1, -0.05) is 0 Å². The molecule has 106 valence electrons. The van der Waals surface area contributed by atoms with Crippen molar-refractivity contribution >= 4 is 27.5 Å². The topological polar surface area (TPSA) is 59.5 Å². The van der Waals surface area contributed by atoms with Crippen molar-refractivity contribution in [3.63, 3.8) is 0 Å². The average Bonchev–Trinajstić information content (AvgIpc) is 3.00. The van der Waals surface area contributed by atoms with Gasteiger partial charge in [0.25, 0.3) is 0 Å². The van der Waals surface area contributed by atoms with Crippen LogP contribution in [0, 0.1) is 11.8 Å². The van der Waals surface area contributed by atoms with Gasteiger partial charge in [0.15, 0.2) is 5.65 Å². The maximum absolute atomic E-state index is 6.09. The SMILES string of the molecule is NC1CC[C@@H]2CN(c3nc4ccc(Br)cn4n3)C[C@@H]2C1. The summed E-state index contributed by atoms with van der Waals surface area (Å²) in [5.41, 5.74) is 6.99. The number of anilines is 1. The largest absolute Gasteiger partial charge is 0.339 e. The molecule has 0 radical (unpaired) electrons. The van der Waals surface area contributed by atoms with Gasteiger partial charge in [-0.15, -0.1) is 5.10 Å². The van der Waals surface area contributed by atoms with E-state index in [1.54, 1.807) is 0 Å². The van der Waals surface area contributed by atoms with Gasteiger partial charge in [-0.05, 0) is 59.2 Å². The highest BCUT2D eigenvalue weighted by atomic mass is 79.9. The molecule has 3 atom stereocenters. The van der Waals surface area contributed by atoms with Gasteiger partial charge in [0, 0.05) is 29.8 Å². The highest BCUT2D eigenvalue weighted by Gasteiger charge is 2.37. The van der Waals surface area contributed by atoms with Gasteiger partial charge in [-0.2, -0.15) is 4.98 Å². The van der Waals surface area contributed by atoms with Crippen LogP contribution < -0.4 is 10.6 Å². The van der Waals surface area contributed by atoms with Crippen molar-refractivity contribution in [2.24, 2.45) is 17.6 Å². The molecular weight excluding hydrogens is 318 g/mol. The van der Waals surface area contributed by atoms with Crippen molar-refractivity contribution in [2.75, 3.05) is 18.0 Å². The Kier molecular flexibility index (Phi) is 2.96.